The summed E-state index contributed by atoms with van der Waals surface area (Å²) in [6, 6.07) is -0.956. The summed E-state index contributed by atoms with van der Waals surface area (Å²) in [6.07, 6.45) is 2.73. The summed E-state index contributed by atoms with van der Waals surface area (Å²) in [5.41, 5.74) is 0. The highest BCUT2D eigenvalue weighted by molar-refractivity contribution is 8.00. The minimum absolute atomic E-state index is 0.0228. The third-order valence-corrected chi connectivity index (χ3v) is 4.61. The third kappa shape index (κ3) is 3.70. The predicted molar refractivity (Wildman–Crippen MR) is 71.6 cm³/mol. The first-order valence-corrected chi connectivity index (χ1v) is 7.95. The second-order valence-electron chi connectivity index (χ2n) is 3.68. The molecule has 5 nitrogen and oxygen atoms in total. The molecule has 1 aliphatic heterocycles. The highest BCUT2D eigenvalue weighted by Gasteiger charge is 2.40. The van der Waals surface area contributed by atoms with Gasteiger partial charge in [-0.15, -0.1) is 11.8 Å². The van der Waals surface area contributed by atoms with Crippen LogP contribution >= 0.6 is 23.5 Å². The first-order chi connectivity index (χ1) is 8.11. The van der Waals surface area contributed by atoms with Crippen molar-refractivity contribution in [2.75, 3.05) is 24.3 Å². The number of nitrogens with zero attached hydrogens (tertiary/aromatic N) is 1. The van der Waals surface area contributed by atoms with Gasteiger partial charge in [-0.25, -0.2) is 9.59 Å². The number of rotatable bonds is 5. The van der Waals surface area contributed by atoms with Crippen LogP contribution in [0.15, 0.2) is 0 Å². The molecular formula is C10H18N2O3S2. The minimum Gasteiger partial charge on any atom is -0.480 e. The van der Waals surface area contributed by atoms with Gasteiger partial charge in [0.1, 0.15) is 6.04 Å². The molecule has 7 heteroatoms. The topological polar surface area (TPSA) is 69.6 Å². The average molecular weight is 278 g/mol. The summed E-state index contributed by atoms with van der Waals surface area (Å²) in [4.78, 5) is 24.5. The zero-order valence-electron chi connectivity index (χ0n) is 10.0. The molecule has 1 heterocycles. The molecule has 0 aromatic carbocycles. The number of carbonyl (C=O) groups is 2. The highest BCUT2D eigenvalue weighted by atomic mass is 32.2. The van der Waals surface area contributed by atoms with Crippen molar-refractivity contribution in [1.29, 1.82) is 0 Å². The van der Waals surface area contributed by atoms with E-state index in [-0.39, 0.29) is 11.4 Å². The lowest BCUT2D eigenvalue weighted by Crippen LogP contribution is -2.50. The quantitative estimate of drug-likeness (QED) is 0.742. The van der Waals surface area contributed by atoms with Gasteiger partial charge < -0.3 is 10.4 Å². The van der Waals surface area contributed by atoms with Gasteiger partial charge in [0.25, 0.3) is 0 Å². The molecule has 17 heavy (non-hydrogen) atoms. The predicted octanol–water partition coefficient (Wildman–Crippen LogP) is 1.30. The van der Waals surface area contributed by atoms with E-state index in [0.717, 1.165) is 12.2 Å². The van der Waals surface area contributed by atoms with Crippen LogP contribution in [-0.2, 0) is 4.79 Å². The van der Waals surface area contributed by atoms with Crippen LogP contribution in [0, 0.1) is 0 Å². The van der Waals surface area contributed by atoms with E-state index in [9.17, 15) is 9.59 Å². The van der Waals surface area contributed by atoms with Gasteiger partial charge in [0.15, 0.2) is 0 Å². The number of urea groups is 1. The van der Waals surface area contributed by atoms with Crippen LogP contribution in [0.4, 0.5) is 4.79 Å². The molecular weight excluding hydrogens is 260 g/mol. The third-order valence-electron chi connectivity index (χ3n) is 2.54. The molecule has 1 saturated heterocycles. The molecule has 1 rings (SSSR count). The molecule has 0 aromatic heterocycles. The van der Waals surface area contributed by atoms with E-state index in [1.807, 2.05) is 13.2 Å². The molecule has 0 radical (unpaired) electrons. The SMILES string of the molecule is CCC1SCC(C(=O)O)N1C(=O)NCCSC. The van der Waals surface area contributed by atoms with E-state index in [0.29, 0.717) is 12.3 Å². The molecule has 2 N–H and O–H groups in total. The van der Waals surface area contributed by atoms with Crippen LogP contribution in [-0.4, -0.2) is 57.7 Å². The number of hydrogen-bond donors (Lipinski definition) is 2. The van der Waals surface area contributed by atoms with Crippen molar-refractivity contribution in [2.24, 2.45) is 0 Å². The molecule has 2 atom stereocenters. The van der Waals surface area contributed by atoms with Crippen LogP contribution in [0.3, 0.4) is 0 Å². The fourth-order valence-corrected chi connectivity index (χ4v) is 3.34. The molecule has 0 bridgehead atoms. The van der Waals surface area contributed by atoms with Gasteiger partial charge in [-0.1, -0.05) is 6.92 Å². The van der Waals surface area contributed by atoms with Crippen molar-refractivity contribution in [2.45, 2.75) is 24.8 Å². The zero-order valence-corrected chi connectivity index (χ0v) is 11.6. The van der Waals surface area contributed by atoms with Crippen molar-refractivity contribution in [3.8, 4) is 0 Å². The van der Waals surface area contributed by atoms with E-state index in [1.165, 1.54) is 16.7 Å². The maximum absolute atomic E-state index is 11.9. The number of carboxylic acid groups (broad SMARTS) is 1. The first kappa shape index (κ1) is 14.5. The number of aliphatic carboxylic acids is 1. The van der Waals surface area contributed by atoms with Crippen molar-refractivity contribution >= 4 is 35.5 Å². The number of amides is 2. The second kappa shape index (κ2) is 7.00. The summed E-state index contributed by atoms with van der Waals surface area (Å²) < 4.78 is 0. The second-order valence-corrected chi connectivity index (χ2v) is 5.88. The Morgan fingerprint density at radius 2 is 2.29 bits per heavy atom. The van der Waals surface area contributed by atoms with Crippen LogP contribution in [0.2, 0.25) is 0 Å². The number of nitrogens with one attached hydrogen (secondary N) is 1. The minimum atomic E-state index is -0.923. The summed E-state index contributed by atoms with van der Waals surface area (Å²) >= 11 is 3.18. The van der Waals surface area contributed by atoms with Gasteiger partial charge in [0.2, 0.25) is 0 Å². The molecule has 0 aromatic rings. The van der Waals surface area contributed by atoms with Crippen molar-refractivity contribution in [1.82, 2.24) is 10.2 Å². The fraction of sp³-hybridized carbons (Fsp3) is 0.800. The number of thioether (sulfide) groups is 2. The van der Waals surface area contributed by atoms with Crippen LogP contribution in [0.25, 0.3) is 0 Å². The Morgan fingerprint density at radius 3 is 2.82 bits per heavy atom. The lowest BCUT2D eigenvalue weighted by atomic mass is 10.3. The maximum atomic E-state index is 11.9. The Balaban J connectivity index is 2.61. The zero-order chi connectivity index (χ0) is 12.8. The molecule has 0 spiro atoms. The Labute approximate surface area is 110 Å². The molecule has 98 valence electrons. The Bertz CT molecular complexity index is 289. The van der Waals surface area contributed by atoms with Crippen LogP contribution < -0.4 is 5.32 Å². The Morgan fingerprint density at radius 1 is 1.59 bits per heavy atom. The first-order valence-electron chi connectivity index (χ1n) is 5.51. The fourth-order valence-electron chi connectivity index (χ4n) is 1.69. The molecule has 1 aliphatic rings. The van der Waals surface area contributed by atoms with Gasteiger partial charge >= 0.3 is 12.0 Å². The standard InChI is InChI=1S/C10H18N2O3S2/c1-3-8-12(7(6-17-8)9(13)14)10(15)11-4-5-16-2/h7-8H,3-6H2,1-2H3,(H,11,15)(H,13,14). The number of carbonyl (C=O) groups excluding carboxylic acids is 1. The molecule has 2 amide bonds. The summed E-state index contributed by atoms with van der Waals surface area (Å²) in [5.74, 6) is 0.388. The smallest absolute Gasteiger partial charge is 0.327 e. The van der Waals surface area contributed by atoms with Gasteiger partial charge in [0.05, 0.1) is 5.37 Å². The normalized spacial score (nSPS) is 23.8. The summed E-state index contributed by atoms with van der Waals surface area (Å²) in [6.45, 7) is 2.54. The van der Waals surface area contributed by atoms with Crippen molar-refractivity contribution < 1.29 is 14.7 Å². The summed E-state index contributed by atoms with van der Waals surface area (Å²) in [5, 5.41) is 11.8. The molecule has 0 saturated carbocycles. The Hall–Kier alpha value is -0.560. The van der Waals surface area contributed by atoms with Gasteiger partial charge in [-0.2, -0.15) is 11.8 Å². The molecule has 0 aliphatic carbocycles. The van der Waals surface area contributed by atoms with E-state index >= 15 is 0 Å². The van der Waals surface area contributed by atoms with Gasteiger partial charge in [-0.3, -0.25) is 4.90 Å². The van der Waals surface area contributed by atoms with E-state index in [1.54, 1.807) is 11.8 Å². The molecule has 1 fully saturated rings. The van der Waals surface area contributed by atoms with Crippen LogP contribution in [0.5, 0.6) is 0 Å². The summed E-state index contributed by atoms with van der Waals surface area (Å²) in [7, 11) is 0. The van der Waals surface area contributed by atoms with Gasteiger partial charge in [-0.05, 0) is 12.7 Å². The lowest BCUT2D eigenvalue weighted by molar-refractivity contribution is -0.141. The Kier molecular flexibility index (Phi) is 5.97. The van der Waals surface area contributed by atoms with Gasteiger partial charge in [0, 0.05) is 18.1 Å². The van der Waals surface area contributed by atoms with E-state index in [4.69, 9.17) is 5.11 Å². The van der Waals surface area contributed by atoms with Crippen molar-refractivity contribution in [3.05, 3.63) is 0 Å². The largest absolute Gasteiger partial charge is 0.480 e. The van der Waals surface area contributed by atoms with Crippen molar-refractivity contribution in [3.63, 3.8) is 0 Å². The number of hydrogen-bond acceptors (Lipinski definition) is 4. The average Bonchev–Trinajstić information content (AvgIpc) is 2.72. The highest BCUT2D eigenvalue weighted by Crippen LogP contribution is 2.31. The number of carboxylic acids is 1. The molecule has 2 unspecified atom stereocenters. The van der Waals surface area contributed by atoms with E-state index in [2.05, 4.69) is 5.32 Å². The maximum Gasteiger partial charge on any atom is 0.327 e. The van der Waals surface area contributed by atoms with E-state index < -0.39 is 12.0 Å². The van der Waals surface area contributed by atoms with Crippen LogP contribution in [0.1, 0.15) is 13.3 Å². The lowest BCUT2D eigenvalue weighted by Gasteiger charge is -2.26. The monoisotopic (exact) mass is 278 g/mol.